The summed E-state index contributed by atoms with van der Waals surface area (Å²) in [5.74, 6) is 0. The maximum Gasteiger partial charge on any atom is 0.0175 e. The van der Waals surface area contributed by atoms with E-state index < -0.39 is 0 Å². The molecule has 0 spiro atoms. The molecule has 18 heavy (non-hydrogen) atoms. The molecule has 94 valence electrons. The third-order valence-corrected chi connectivity index (χ3v) is 3.66. The van der Waals surface area contributed by atoms with Gasteiger partial charge in [0.2, 0.25) is 0 Å². The van der Waals surface area contributed by atoms with Crippen LogP contribution in [0.5, 0.6) is 0 Å². The van der Waals surface area contributed by atoms with E-state index in [1.807, 2.05) is 7.05 Å². The minimum atomic E-state index is 0.480. The van der Waals surface area contributed by atoms with Gasteiger partial charge < -0.3 is 5.32 Å². The summed E-state index contributed by atoms with van der Waals surface area (Å²) < 4.78 is 1.13. The molecule has 2 rings (SSSR count). The van der Waals surface area contributed by atoms with Crippen LogP contribution in [-0.4, -0.2) is 13.1 Å². The SMILES string of the molecule is CNC(Cc1ccccc1)Cc1ccc(Br)cc1. The summed E-state index contributed by atoms with van der Waals surface area (Å²) >= 11 is 3.47. The zero-order chi connectivity index (χ0) is 12.8. The van der Waals surface area contributed by atoms with E-state index in [4.69, 9.17) is 0 Å². The topological polar surface area (TPSA) is 12.0 Å². The van der Waals surface area contributed by atoms with Gasteiger partial charge in [0.15, 0.2) is 0 Å². The molecule has 0 aliphatic heterocycles. The highest BCUT2D eigenvalue weighted by Gasteiger charge is 2.08. The van der Waals surface area contributed by atoms with E-state index in [9.17, 15) is 0 Å². The Morgan fingerprint density at radius 3 is 2.00 bits per heavy atom. The smallest absolute Gasteiger partial charge is 0.0175 e. The molecule has 0 bridgehead atoms. The van der Waals surface area contributed by atoms with Gasteiger partial charge in [-0.05, 0) is 43.1 Å². The van der Waals surface area contributed by atoms with Crippen molar-refractivity contribution in [3.8, 4) is 0 Å². The molecule has 0 aromatic heterocycles. The second-order valence-corrected chi connectivity index (χ2v) is 5.42. The average Bonchev–Trinajstić information content (AvgIpc) is 2.41. The third kappa shape index (κ3) is 3.97. The van der Waals surface area contributed by atoms with E-state index in [-0.39, 0.29) is 0 Å². The molecule has 1 atom stereocenters. The Bertz CT molecular complexity index is 464. The molecule has 1 unspecified atom stereocenters. The summed E-state index contributed by atoms with van der Waals surface area (Å²) in [4.78, 5) is 0. The standard InChI is InChI=1S/C16H18BrN/c1-18-16(11-13-5-3-2-4-6-13)12-14-7-9-15(17)10-8-14/h2-10,16,18H,11-12H2,1H3. The molecule has 0 saturated heterocycles. The summed E-state index contributed by atoms with van der Waals surface area (Å²) in [5.41, 5.74) is 2.75. The van der Waals surface area contributed by atoms with Gasteiger partial charge in [0.25, 0.3) is 0 Å². The van der Waals surface area contributed by atoms with E-state index in [0.717, 1.165) is 17.3 Å². The van der Waals surface area contributed by atoms with E-state index in [2.05, 4.69) is 75.8 Å². The number of benzene rings is 2. The molecule has 0 fully saturated rings. The monoisotopic (exact) mass is 303 g/mol. The Morgan fingerprint density at radius 2 is 1.44 bits per heavy atom. The second kappa shape index (κ2) is 6.72. The quantitative estimate of drug-likeness (QED) is 0.885. The fourth-order valence-corrected chi connectivity index (χ4v) is 2.34. The van der Waals surface area contributed by atoms with Gasteiger partial charge in [0.05, 0.1) is 0 Å². The van der Waals surface area contributed by atoms with E-state index in [1.54, 1.807) is 0 Å². The van der Waals surface area contributed by atoms with Crippen LogP contribution in [-0.2, 0) is 12.8 Å². The third-order valence-electron chi connectivity index (χ3n) is 3.13. The zero-order valence-corrected chi connectivity index (χ0v) is 12.2. The lowest BCUT2D eigenvalue weighted by atomic mass is 9.99. The van der Waals surface area contributed by atoms with Crippen LogP contribution in [0.1, 0.15) is 11.1 Å². The summed E-state index contributed by atoms with van der Waals surface area (Å²) in [6.45, 7) is 0. The molecule has 2 aromatic carbocycles. The largest absolute Gasteiger partial charge is 0.316 e. The number of hydrogen-bond acceptors (Lipinski definition) is 1. The highest BCUT2D eigenvalue weighted by molar-refractivity contribution is 9.10. The molecule has 2 aromatic rings. The molecule has 0 saturated carbocycles. The zero-order valence-electron chi connectivity index (χ0n) is 10.6. The average molecular weight is 304 g/mol. The Morgan fingerprint density at radius 1 is 0.889 bits per heavy atom. The molecule has 2 heteroatoms. The molecule has 0 heterocycles. The Hall–Kier alpha value is -1.12. The fraction of sp³-hybridized carbons (Fsp3) is 0.250. The maximum absolute atomic E-state index is 3.47. The van der Waals surface area contributed by atoms with E-state index in [0.29, 0.717) is 6.04 Å². The highest BCUT2D eigenvalue weighted by atomic mass is 79.9. The van der Waals surface area contributed by atoms with E-state index in [1.165, 1.54) is 11.1 Å². The van der Waals surface area contributed by atoms with Gasteiger partial charge >= 0.3 is 0 Å². The Kier molecular flexibility index (Phi) is 4.97. The fourth-order valence-electron chi connectivity index (χ4n) is 2.08. The van der Waals surface area contributed by atoms with Crippen molar-refractivity contribution in [1.29, 1.82) is 0 Å². The van der Waals surface area contributed by atoms with E-state index >= 15 is 0 Å². The molecular weight excluding hydrogens is 286 g/mol. The van der Waals surface area contributed by atoms with Crippen LogP contribution in [0.15, 0.2) is 59.1 Å². The van der Waals surface area contributed by atoms with Gasteiger partial charge in [-0.15, -0.1) is 0 Å². The molecule has 0 radical (unpaired) electrons. The van der Waals surface area contributed by atoms with Crippen molar-refractivity contribution < 1.29 is 0 Å². The van der Waals surface area contributed by atoms with Gasteiger partial charge in [-0.2, -0.15) is 0 Å². The summed E-state index contributed by atoms with van der Waals surface area (Å²) in [6, 6.07) is 19.7. The molecule has 0 aliphatic rings. The summed E-state index contributed by atoms with van der Waals surface area (Å²) in [5, 5.41) is 3.40. The van der Waals surface area contributed by atoms with Gasteiger partial charge in [-0.1, -0.05) is 58.4 Å². The number of nitrogens with one attached hydrogen (secondary N) is 1. The first-order valence-corrected chi connectivity index (χ1v) is 7.03. The highest BCUT2D eigenvalue weighted by Crippen LogP contribution is 2.13. The maximum atomic E-state index is 3.47. The number of halogens is 1. The van der Waals surface area contributed by atoms with Gasteiger partial charge in [-0.3, -0.25) is 0 Å². The summed E-state index contributed by atoms with van der Waals surface area (Å²) in [7, 11) is 2.03. The Balaban J connectivity index is 1.99. The van der Waals surface area contributed by atoms with Crippen LogP contribution < -0.4 is 5.32 Å². The molecule has 0 aliphatic carbocycles. The van der Waals surface area contributed by atoms with Crippen molar-refractivity contribution in [1.82, 2.24) is 5.32 Å². The van der Waals surface area contributed by atoms with Crippen LogP contribution in [0.2, 0.25) is 0 Å². The minimum Gasteiger partial charge on any atom is -0.316 e. The van der Waals surface area contributed by atoms with Crippen molar-refractivity contribution in [2.45, 2.75) is 18.9 Å². The summed E-state index contributed by atoms with van der Waals surface area (Å²) in [6.07, 6.45) is 2.12. The van der Waals surface area contributed by atoms with Crippen molar-refractivity contribution >= 4 is 15.9 Å². The first-order chi connectivity index (χ1) is 8.78. The van der Waals surface area contributed by atoms with Crippen molar-refractivity contribution in [2.24, 2.45) is 0 Å². The predicted molar refractivity (Wildman–Crippen MR) is 80.8 cm³/mol. The van der Waals surface area contributed by atoms with Crippen LogP contribution in [0.3, 0.4) is 0 Å². The molecular formula is C16H18BrN. The minimum absolute atomic E-state index is 0.480. The Labute approximate surface area is 117 Å². The van der Waals surface area contributed by atoms with Crippen LogP contribution >= 0.6 is 15.9 Å². The second-order valence-electron chi connectivity index (χ2n) is 4.51. The van der Waals surface area contributed by atoms with Crippen molar-refractivity contribution in [3.63, 3.8) is 0 Å². The lowest BCUT2D eigenvalue weighted by Gasteiger charge is -2.16. The number of likely N-dealkylation sites (N-methyl/N-ethyl adjacent to an activating group) is 1. The van der Waals surface area contributed by atoms with Crippen LogP contribution in [0.25, 0.3) is 0 Å². The van der Waals surface area contributed by atoms with Crippen LogP contribution in [0.4, 0.5) is 0 Å². The lowest BCUT2D eigenvalue weighted by molar-refractivity contribution is 0.556. The normalized spacial score (nSPS) is 12.3. The van der Waals surface area contributed by atoms with Gasteiger partial charge in [-0.25, -0.2) is 0 Å². The van der Waals surface area contributed by atoms with Crippen molar-refractivity contribution in [2.75, 3.05) is 7.05 Å². The number of hydrogen-bond donors (Lipinski definition) is 1. The van der Waals surface area contributed by atoms with Gasteiger partial charge in [0, 0.05) is 10.5 Å². The van der Waals surface area contributed by atoms with Crippen molar-refractivity contribution in [3.05, 3.63) is 70.2 Å². The number of rotatable bonds is 5. The first kappa shape index (κ1) is 13.3. The lowest BCUT2D eigenvalue weighted by Crippen LogP contribution is -2.29. The first-order valence-electron chi connectivity index (χ1n) is 6.23. The molecule has 0 amide bonds. The van der Waals surface area contributed by atoms with Crippen LogP contribution in [0, 0.1) is 0 Å². The van der Waals surface area contributed by atoms with Gasteiger partial charge in [0.1, 0.15) is 0 Å². The predicted octanol–water partition coefficient (Wildman–Crippen LogP) is 3.82. The molecule has 1 N–H and O–H groups in total. The molecule has 1 nitrogen and oxygen atoms in total.